The topological polar surface area (TPSA) is 59.8 Å². The molecule has 0 aliphatic carbocycles. The van der Waals surface area contributed by atoms with Crippen LogP contribution in [-0.4, -0.2) is 37.0 Å². The van der Waals surface area contributed by atoms with Gasteiger partial charge in [-0.25, -0.2) is 0 Å². The number of nitrogens with zero attached hydrogens (tertiary/aromatic N) is 1. The lowest BCUT2D eigenvalue weighted by Crippen LogP contribution is -2.32. The molecule has 0 spiro atoms. The van der Waals surface area contributed by atoms with E-state index in [4.69, 9.17) is 4.42 Å². The quantitative estimate of drug-likeness (QED) is 0.786. The molecule has 2 rings (SSSR count). The molecule has 0 aliphatic rings. The highest BCUT2D eigenvalue weighted by atomic mass is 16.5. The van der Waals surface area contributed by atoms with Crippen molar-refractivity contribution in [1.82, 2.24) is 4.90 Å². The molecule has 5 nitrogen and oxygen atoms in total. The van der Waals surface area contributed by atoms with Gasteiger partial charge in [-0.05, 0) is 19.1 Å². The van der Waals surface area contributed by atoms with Crippen molar-refractivity contribution in [2.24, 2.45) is 0 Å². The Morgan fingerprint density at radius 2 is 2.05 bits per heavy atom. The first kappa shape index (κ1) is 14.1. The molecule has 0 bridgehead atoms. The van der Waals surface area contributed by atoms with Crippen LogP contribution in [0.5, 0.6) is 0 Å². The fraction of sp³-hybridized carbons (Fsp3) is 0.333. The molecular weight excluding hydrogens is 258 g/mol. The Kier molecular flexibility index (Phi) is 4.40. The predicted molar refractivity (Wildman–Crippen MR) is 74.4 cm³/mol. The molecule has 0 radical (unpaired) electrons. The summed E-state index contributed by atoms with van der Waals surface area (Å²) in [6.07, 6.45) is 0.177. The highest BCUT2D eigenvalue weighted by molar-refractivity contribution is 5.96. The first-order chi connectivity index (χ1) is 9.65. The molecular formula is C15H17NO4. The lowest BCUT2D eigenvalue weighted by molar-refractivity contribution is -0.140. The Morgan fingerprint density at radius 3 is 2.70 bits per heavy atom. The summed E-state index contributed by atoms with van der Waals surface area (Å²) in [4.78, 5) is 25.0. The highest BCUT2D eigenvalue weighted by Crippen LogP contribution is 2.20. The summed E-state index contributed by atoms with van der Waals surface area (Å²) >= 11 is 0. The van der Waals surface area contributed by atoms with Crippen molar-refractivity contribution >= 4 is 22.8 Å². The van der Waals surface area contributed by atoms with Crippen LogP contribution in [0.3, 0.4) is 0 Å². The minimum atomic E-state index is -0.333. The minimum Gasteiger partial charge on any atom is -0.469 e. The molecule has 0 aliphatic heterocycles. The van der Waals surface area contributed by atoms with Crippen LogP contribution in [0.4, 0.5) is 0 Å². The predicted octanol–water partition coefficient (Wildman–Crippen LogP) is 2.46. The van der Waals surface area contributed by atoms with E-state index >= 15 is 0 Å². The number of amides is 1. The van der Waals surface area contributed by atoms with E-state index in [0.29, 0.717) is 18.7 Å². The number of furan rings is 1. The van der Waals surface area contributed by atoms with E-state index in [1.54, 1.807) is 11.0 Å². The summed E-state index contributed by atoms with van der Waals surface area (Å²) in [7, 11) is 1.33. The third-order valence-electron chi connectivity index (χ3n) is 3.12. The molecule has 0 N–H and O–H groups in total. The van der Waals surface area contributed by atoms with E-state index in [1.165, 1.54) is 7.11 Å². The van der Waals surface area contributed by atoms with E-state index in [2.05, 4.69) is 4.74 Å². The fourth-order valence-corrected chi connectivity index (χ4v) is 1.97. The van der Waals surface area contributed by atoms with Gasteiger partial charge in [-0.15, -0.1) is 0 Å². The van der Waals surface area contributed by atoms with Gasteiger partial charge in [-0.2, -0.15) is 0 Å². The van der Waals surface area contributed by atoms with E-state index in [0.717, 1.165) is 5.39 Å². The fourth-order valence-electron chi connectivity index (χ4n) is 1.97. The number of ether oxygens (including phenoxy) is 1. The number of carbonyl (C=O) groups is 2. The number of esters is 1. The highest BCUT2D eigenvalue weighted by Gasteiger charge is 2.19. The normalized spacial score (nSPS) is 10.5. The molecule has 2 aromatic rings. The number of fused-ring (bicyclic) bond motifs is 1. The monoisotopic (exact) mass is 275 g/mol. The van der Waals surface area contributed by atoms with Crippen molar-refractivity contribution in [3.05, 3.63) is 36.1 Å². The molecule has 0 saturated carbocycles. The second-order valence-corrected chi connectivity index (χ2v) is 4.36. The van der Waals surface area contributed by atoms with E-state index in [1.807, 2.05) is 31.2 Å². The van der Waals surface area contributed by atoms with E-state index in [-0.39, 0.29) is 24.1 Å². The molecule has 1 heterocycles. The number of hydrogen-bond acceptors (Lipinski definition) is 4. The van der Waals surface area contributed by atoms with Gasteiger partial charge in [-0.3, -0.25) is 9.59 Å². The van der Waals surface area contributed by atoms with Crippen LogP contribution in [0.1, 0.15) is 23.9 Å². The first-order valence-electron chi connectivity index (χ1n) is 6.50. The average molecular weight is 275 g/mol. The lowest BCUT2D eigenvalue weighted by atomic mass is 10.2. The van der Waals surface area contributed by atoms with Gasteiger partial charge >= 0.3 is 5.97 Å². The Bertz CT molecular complexity index is 584. The largest absolute Gasteiger partial charge is 0.469 e. The van der Waals surface area contributed by atoms with Crippen molar-refractivity contribution in [1.29, 1.82) is 0 Å². The maximum Gasteiger partial charge on any atom is 0.307 e. The van der Waals surface area contributed by atoms with Gasteiger partial charge in [0.2, 0.25) is 0 Å². The summed E-state index contributed by atoms with van der Waals surface area (Å²) in [6.45, 7) is 2.68. The Labute approximate surface area is 117 Å². The van der Waals surface area contributed by atoms with Gasteiger partial charge in [0.05, 0.1) is 13.5 Å². The van der Waals surface area contributed by atoms with E-state index in [9.17, 15) is 9.59 Å². The number of carbonyl (C=O) groups excluding carboxylic acids is 2. The zero-order valence-corrected chi connectivity index (χ0v) is 11.6. The smallest absolute Gasteiger partial charge is 0.307 e. The average Bonchev–Trinajstić information content (AvgIpc) is 2.91. The van der Waals surface area contributed by atoms with Crippen molar-refractivity contribution in [3.8, 4) is 0 Å². The van der Waals surface area contributed by atoms with Crippen LogP contribution < -0.4 is 0 Å². The van der Waals surface area contributed by atoms with Crippen molar-refractivity contribution < 1.29 is 18.7 Å². The lowest BCUT2D eigenvalue weighted by Gasteiger charge is -2.18. The van der Waals surface area contributed by atoms with Crippen LogP contribution in [-0.2, 0) is 9.53 Å². The van der Waals surface area contributed by atoms with Gasteiger partial charge < -0.3 is 14.1 Å². The summed E-state index contributed by atoms with van der Waals surface area (Å²) in [5.74, 6) is -0.258. The molecule has 0 unspecified atom stereocenters. The molecule has 1 amide bonds. The number of hydrogen-bond donors (Lipinski definition) is 0. The first-order valence-corrected chi connectivity index (χ1v) is 6.50. The summed E-state index contributed by atoms with van der Waals surface area (Å²) in [5, 5.41) is 0.889. The molecule has 0 fully saturated rings. The molecule has 1 aromatic heterocycles. The SMILES string of the molecule is CCN(CCC(=O)OC)C(=O)c1cc2ccccc2o1. The second kappa shape index (κ2) is 6.23. The summed E-state index contributed by atoms with van der Waals surface area (Å²) in [6, 6.07) is 9.17. The standard InChI is InChI=1S/C15H17NO4/c1-3-16(9-8-14(17)19-2)15(18)13-10-11-6-4-5-7-12(11)20-13/h4-7,10H,3,8-9H2,1-2H3. The zero-order valence-electron chi connectivity index (χ0n) is 11.6. The van der Waals surface area contributed by atoms with Gasteiger partial charge in [0.15, 0.2) is 5.76 Å². The van der Waals surface area contributed by atoms with Crippen molar-refractivity contribution in [2.45, 2.75) is 13.3 Å². The number of para-hydroxylation sites is 1. The maximum absolute atomic E-state index is 12.3. The molecule has 106 valence electrons. The summed E-state index contributed by atoms with van der Waals surface area (Å²) < 4.78 is 10.1. The van der Waals surface area contributed by atoms with Gasteiger partial charge in [0, 0.05) is 18.5 Å². The zero-order chi connectivity index (χ0) is 14.5. The van der Waals surface area contributed by atoms with Crippen LogP contribution in [0.25, 0.3) is 11.0 Å². The molecule has 0 atom stereocenters. The van der Waals surface area contributed by atoms with Crippen LogP contribution in [0.15, 0.2) is 34.7 Å². The molecule has 20 heavy (non-hydrogen) atoms. The van der Waals surface area contributed by atoms with E-state index < -0.39 is 0 Å². The minimum absolute atomic E-state index is 0.177. The molecule has 5 heteroatoms. The number of rotatable bonds is 5. The Morgan fingerprint density at radius 1 is 1.30 bits per heavy atom. The van der Waals surface area contributed by atoms with Crippen molar-refractivity contribution in [2.75, 3.05) is 20.2 Å². The van der Waals surface area contributed by atoms with Crippen LogP contribution in [0.2, 0.25) is 0 Å². The Hall–Kier alpha value is -2.30. The second-order valence-electron chi connectivity index (χ2n) is 4.36. The number of benzene rings is 1. The third-order valence-corrected chi connectivity index (χ3v) is 3.12. The van der Waals surface area contributed by atoms with Crippen molar-refractivity contribution in [3.63, 3.8) is 0 Å². The van der Waals surface area contributed by atoms with Crippen LogP contribution >= 0.6 is 0 Å². The Balaban J connectivity index is 2.13. The van der Waals surface area contributed by atoms with Crippen LogP contribution in [0, 0.1) is 0 Å². The summed E-state index contributed by atoms with van der Waals surface area (Å²) in [5.41, 5.74) is 0.680. The number of methoxy groups -OCH3 is 1. The molecule has 1 aromatic carbocycles. The van der Waals surface area contributed by atoms with Gasteiger partial charge in [0.1, 0.15) is 5.58 Å². The maximum atomic E-state index is 12.3. The third kappa shape index (κ3) is 2.99. The van der Waals surface area contributed by atoms with Gasteiger partial charge in [0.25, 0.3) is 5.91 Å². The molecule has 0 saturated heterocycles. The van der Waals surface area contributed by atoms with Gasteiger partial charge in [-0.1, -0.05) is 18.2 Å².